The lowest BCUT2D eigenvalue weighted by atomic mass is 9.95. The van der Waals surface area contributed by atoms with Crippen molar-refractivity contribution in [2.24, 2.45) is 0 Å². The van der Waals surface area contributed by atoms with E-state index in [2.05, 4.69) is 35.3 Å². The molecule has 2 unspecified atom stereocenters. The van der Waals surface area contributed by atoms with Crippen molar-refractivity contribution in [3.8, 4) is 0 Å². The standard InChI is InChI=1S/C16H22N2O/c1-12-6-4-5-11-18(12)16(19)15-10-9-13-7-2-3-8-14(13)17-15/h2-3,7-8,12,15,17H,4-6,9-11H2,1H3. The van der Waals surface area contributed by atoms with Crippen LogP contribution in [0.25, 0.3) is 0 Å². The van der Waals surface area contributed by atoms with Crippen LogP contribution in [0.5, 0.6) is 0 Å². The Morgan fingerprint density at radius 2 is 2.11 bits per heavy atom. The number of nitrogens with one attached hydrogen (secondary N) is 1. The lowest BCUT2D eigenvalue weighted by Gasteiger charge is -2.37. The van der Waals surface area contributed by atoms with Crippen LogP contribution in [0, 0.1) is 0 Å². The average Bonchev–Trinajstić information content (AvgIpc) is 2.46. The summed E-state index contributed by atoms with van der Waals surface area (Å²) in [6, 6.07) is 8.69. The van der Waals surface area contributed by atoms with E-state index < -0.39 is 0 Å². The minimum atomic E-state index is -0.0320. The second-order valence-electron chi connectivity index (χ2n) is 5.77. The Morgan fingerprint density at radius 3 is 2.95 bits per heavy atom. The molecule has 19 heavy (non-hydrogen) atoms. The maximum absolute atomic E-state index is 12.6. The molecule has 1 N–H and O–H groups in total. The van der Waals surface area contributed by atoms with E-state index in [0.717, 1.165) is 37.9 Å². The van der Waals surface area contributed by atoms with Gasteiger partial charge in [0.2, 0.25) is 5.91 Å². The first-order chi connectivity index (χ1) is 9.25. The van der Waals surface area contributed by atoms with Gasteiger partial charge in [-0.15, -0.1) is 0 Å². The molecule has 1 aromatic carbocycles. The van der Waals surface area contributed by atoms with Crippen LogP contribution < -0.4 is 5.32 Å². The second kappa shape index (κ2) is 5.24. The van der Waals surface area contributed by atoms with Gasteiger partial charge in [0, 0.05) is 18.3 Å². The van der Waals surface area contributed by atoms with E-state index in [-0.39, 0.29) is 6.04 Å². The van der Waals surface area contributed by atoms with Crippen LogP contribution >= 0.6 is 0 Å². The van der Waals surface area contributed by atoms with E-state index in [1.165, 1.54) is 12.0 Å². The molecule has 0 aromatic heterocycles. The lowest BCUT2D eigenvalue weighted by molar-refractivity contribution is -0.135. The van der Waals surface area contributed by atoms with Crippen LogP contribution in [0.3, 0.4) is 0 Å². The Balaban J connectivity index is 1.72. The molecular weight excluding hydrogens is 236 g/mol. The van der Waals surface area contributed by atoms with E-state index in [0.29, 0.717) is 11.9 Å². The highest BCUT2D eigenvalue weighted by Crippen LogP contribution is 2.26. The predicted octanol–water partition coefficient (Wildman–Crippen LogP) is 2.81. The molecule has 2 atom stereocenters. The third-order valence-electron chi connectivity index (χ3n) is 4.43. The molecule has 1 aromatic rings. The van der Waals surface area contributed by atoms with Gasteiger partial charge in [-0.25, -0.2) is 0 Å². The summed E-state index contributed by atoms with van der Waals surface area (Å²) in [5, 5.41) is 3.42. The van der Waals surface area contributed by atoms with Crippen molar-refractivity contribution >= 4 is 11.6 Å². The van der Waals surface area contributed by atoms with Crippen molar-refractivity contribution in [2.75, 3.05) is 11.9 Å². The Hall–Kier alpha value is -1.51. The van der Waals surface area contributed by atoms with E-state index in [1.807, 2.05) is 6.07 Å². The van der Waals surface area contributed by atoms with Crippen LogP contribution in [0.1, 0.15) is 38.2 Å². The molecule has 1 saturated heterocycles. The van der Waals surface area contributed by atoms with Gasteiger partial charge in [0.25, 0.3) is 0 Å². The molecule has 0 bridgehead atoms. The molecule has 3 heteroatoms. The maximum Gasteiger partial charge on any atom is 0.245 e. The minimum absolute atomic E-state index is 0.0320. The summed E-state index contributed by atoms with van der Waals surface area (Å²) in [6.07, 6.45) is 5.47. The fourth-order valence-electron chi connectivity index (χ4n) is 3.25. The molecule has 2 heterocycles. The van der Waals surface area contributed by atoms with Crippen LogP contribution in [0.2, 0.25) is 0 Å². The zero-order valence-corrected chi connectivity index (χ0v) is 11.6. The molecule has 0 spiro atoms. The third kappa shape index (κ3) is 2.46. The number of carbonyl (C=O) groups is 1. The largest absolute Gasteiger partial charge is 0.373 e. The number of piperidine rings is 1. The molecule has 3 rings (SSSR count). The van der Waals surface area contributed by atoms with Gasteiger partial charge in [0.05, 0.1) is 0 Å². The summed E-state index contributed by atoms with van der Waals surface area (Å²) in [5.74, 6) is 0.293. The molecule has 102 valence electrons. The number of benzene rings is 1. The van der Waals surface area contributed by atoms with E-state index in [9.17, 15) is 4.79 Å². The summed E-state index contributed by atoms with van der Waals surface area (Å²) in [7, 11) is 0. The lowest BCUT2D eigenvalue weighted by Crippen LogP contribution is -2.50. The summed E-state index contributed by atoms with van der Waals surface area (Å²) in [4.78, 5) is 14.7. The van der Waals surface area contributed by atoms with Crippen molar-refractivity contribution in [1.82, 2.24) is 4.90 Å². The van der Waals surface area contributed by atoms with Crippen LogP contribution in [-0.4, -0.2) is 29.4 Å². The first-order valence-corrected chi connectivity index (χ1v) is 7.40. The summed E-state index contributed by atoms with van der Waals surface area (Å²) in [6.45, 7) is 3.10. The van der Waals surface area contributed by atoms with E-state index in [1.54, 1.807) is 0 Å². The highest BCUT2D eigenvalue weighted by molar-refractivity contribution is 5.86. The number of amides is 1. The van der Waals surface area contributed by atoms with Gasteiger partial charge >= 0.3 is 0 Å². The summed E-state index contributed by atoms with van der Waals surface area (Å²) < 4.78 is 0. The Morgan fingerprint density at radius 1 is 1.26 bits per heavy atom. The molecule has 3 nitrogen and oxygen atoms in total. The fourth-order valence-corrected chi connectivity index (χ4v) is 3.25. The number of hydrogen-bond acceptors (Lipinski definition) is 2. The third-order valence-corrected chi connectivity index (χ3v) is 4.43. The number of fused-ring (bicyclic) bond motifs is 1. The number of anilines is 1. The van der Waals surface area contributed by atoms with Gasteiger partial charge < -0.3 is 10.2 Å². The summed E-state index contributed by atoms with van der Waals surface area (Å²) in [5.41, 5.74) is 2.47. The van der Waals surface area contributed by atoms with Gasteiger partial charge in [0.1, 0.15) is 6.04 Å². The molecule has 0 radical (unpaired) electrons. The van der Waals surface area contributed by atoms with Gasteiger partial charge in [0.15, 0.2) is 0 Å². The molecule has 0 saturated carbocycles. The normalized spacial score (nSPS) is 26.5. The fraction of sp³-hybridized carbons (Fsp3) is 0.562. The van der Waals surface area contributed by atoms with Gasteiger partial charge in [-0.2, -0.15) is 0 Å². The Bertz CT molecular complexity index is 472. The predicted molar refractivity (Wildman–Crippen MR) is 77.2 cm³/mol. The number of rotatable bonds is 1. The van der Waals surface area contributed by atoms with Crippen molar-refractivity contribution < 1.29 is 4.79 Å². The van der Waals surface area contributed by atoms with Crippen LogP contribution in [0.15, 0.2) is 24.3 Å². The van der Waals surface area contributed by atoms with Gasteiger partial charge in [-0.3, -0.25) is 4.79 Å². The molecule has 2 aliphatic rings. The Labute approximate surface area is 115 Å². The zero-order chi connectivity index (χ0) is 13.2. The zero-order valence-electron chi connectivity index (χ0n) is 11.6. The van der Waals surface area contributed by atoms with E-state index in [4.69, 9.17) is 0 Å². The number of carbonyl (C=O) groups excluding carboxylic acids is 1. The minimum Gasteiger partial charge on any atom is -0.373 e. The number of hydrogen-bond donors (Lipinski definition) is 1. The number of nitrogens with zero attached hydrogens (tertiary/aromatic N) is 1. The topological polar surface area (TPSA) is 32.3 Å². The molecular formula is C16H22N2O. The smallest absolute Gasteiger partial charge is 0.245 e. The molecule has 1 fully saturated rings. The quantitative estimate of drug-likeness (QED) is 0.840. The number of aryl methyl sites for hydroxylation is 1. The SMILES string of the molecule is CC1CCCCN1C(=O)C1CCc2ccccc2N1. The van der Waals surface area contributed by atoms with Crippen LogP contribution in [-0.2, 0) is 11.2 Å². The number of likely N-dealkylation sites (tertiary alicyclic amines) is 1. The van der Waals surface area contributed by atoms with Crippen molar-refractivity contribution in [2.45, 2.75) is 51.1 Å². The van der Waals surface area contributed by atoms with Gasteiger partial charge in [-0.05, 0) is 50.7 Å². The Kier molecular flexibility index (Phi) is 3.45. The first kappa shape index (κ1) is 12.5. The highest BCUT2D eigenvalue weighted by Gasteiger charge is 2.31. The van der Waals surface area contributed by atoms with Crippen LogP contribution in [0.4, 0.5) is 5.69 Å². The molecule has 0 aliphatic carbocycles. The van der Waals surface area contributed by atoms with Crippen molar-refractivity contribution in [1.29, 1.82) is 0 Å². The summed E-state index contributed by atoms with van der Waals surface area (Å²) >= 11 is 0. The van der Waals surface area contributed by atoms with Gasteiger partial charge in [-0.1, -0.05) is 18.2 Å². The average molecular weight is 258 g/mol. The number of para-hydroxylation sites is 1. The van der Waals surface area contributed by atoms with Crippen molar-refractivity contribution in [3.05, 3.63) is 29.8 Å². The second-order valence-corrected chi connectivity index (χ2v) is 5.77. The maximum atomic E-state index is 12.6. The first-order valence-electron chi connectivity index (χ1n) is 7.40. The monoisotopic (exact) mass is 258 g/mol. The van der Waals surface area contributed by atoms with Crippen molar-refractivity contribution in [3.63, 3.8) is 0 Å². The highest BCUT2D eigenvalue weighted by atomic mass is 16.2. The molecule has 1 amide bonds. The van der Waals surface area contributed by atoms with E-state index >= 15 is 0 Å². The molecule has 2 aliphatic heterocycles.